The topological polar surface area (TPSA) is 55.4 Å². The Hall–Kier alpha value is -3.06. The summed E-state index contributed by atoms with van der Waals surface area (Å²) in [5.41, 5.74) is 12.5. The van der Waals surface area contributed by atoms with Gasteiger partial charge in [0, 0.05) is 36.0 Å². The molecule has 3 aromatic rings. The van der Waals surface area contributed by atoms with E-state index >= 15 is 0 Å². The van der Waals surface area contributed by atoms with Gasteiger partial charge in [-0.3, -0.25) is 0 Å². The zero-order valence-electron chi connectivity index (χ0n) is 29.4. The fourth-order valence-electron chi connectivity index (χ4n) is 8.31. The van der Waals surface area contributed by atoms with Crippen molar-refractivity contribution in [3.8, 4) is 17.2 Å². The molecule has 0 saturated heterocycles. The monoisotopic (exact) mass is 654 g/mol. The lowest BCUT2D eigenvalue weighted by atomic mass is 9.92. The number of benzene rings is 3. The summed E-state index contributed by atoms with van der Waals surface area (Å²) < 4.78 is 35.1. The van der Waals surface area contributed by atoms with E-state index in [0.29, 0.717) is 0 Å². The molecule has 0 spiro atoms. The third-order valence-electron chi connectivity index (χ3n) is 10.6. The molecule has 0 aromatic heterocycles. The first-order valence-corrected chi connectivity index (χ1v) is 18.9. The molecule has 0 amide bonds. The maximum absolute atomic E-state index is 5.89. The van der Waals surface area contributed by atoms with Gasteiger partial charge in [0.1, 0.15) is 17.2 Å². The molecule has 0 aliphatic carbocycles. The Bertz CT molecular complexity index is 1380. The van der Waals surface area contributed by atoms with E-state index in [2.05, 4.69) is 57.2 Å². The zero-order valence-corrected chi connectivity index (χ0v) is 29.4. The van der Waals surface area contributed by atoms with Gasteiger partial charge in [-0.2, -0.15) is 0 Å². The Labute approximate surface area is 287 Å². The summed E-state index contributed by atoms with van der Waals surface area (Å²) in [5.74, 6) is 3.40. The van der Waals surface area contributed by atoms with Crippen LogP contribution in [0.4, 0.5) is 0 Å². The van der Waals surface area contributed by atoms with Gasteiger partial charge >= 0.3 is 0 Å². The Morgan fingerprint density at radius 1 is 0.396 bits per heavy atom. The molecule has 0 fully saturated rings. The highest BCUT2D eigenvalue weighted by Crippen LogP contribution is 2.44. The summed E-state index contributed by atoms with van der Waals surface area (Å²) in [6.07, 6.45) is 13.9. The van der Waals surface area contributed by atoms with Gasteiger partial charge in [-0.05, 0) is 71.9 Å². The summed E-state index contributed by atoms with van der Waals surface area (Å²) in [7, 11) is 0. The predicted molar refractivity (Wildman–Crippen MR) is 189 cm³/mol. The third-order valence-corrected chi connectivity index (χ3v) is 10.6. The molecule has 0 radical (unpaired) electrons. The SMILES string of the molecule is CCCC1OCCc2ccc3c(c21)OCC3.CCC[C@@H]1OCCc2ccc3c(c21)OCC3.CCC[C@H]1OCCc2ccc3c(c21)OCC3. The van der Waals surface area contributed by atoms with E-state index in [1.54, 1.807) is 0 Å². The largest absolute Gasteiger partial charge is 0.493 e. The van der Waals surface area contributed by atoms with Crippen LogP contribution in [0.3, 0.4) is 0 Å². The molecule has 6 aliphatic heterocycles. The highest BCUT2D eigenvalue weighted by Gasteiger charge is 2.30. The Kier molecular flexibility index (Phi) is 10.9. The van der Waals surface area contributed by atoms with Crippen LogP contribution in [-0.2, 0) is 52.7 Å². The van der Waals surface area contributed by atoms with Gasteiger partial charge in [-0.15, -0.1) is 0 Å². The smallest absolute Gasteiger partial charge is 0.128 e. The minimum absolute atomic E-state index is 0.266. The number of hydrogen-bond acceptors (Lipinski definition) is 6. The van der Waals surface area contributed by atoms with E-state index < -0.39 is 0 Å². The summed E-state index contributed by atoms with van der Waals surface area (Å²) in [6.45, 7) is 11.7. The van der Waals surface area contributed by atoms with Gasteiger partial charge in [0.05, 0.1) is 58.0 Å². The zero-order chi connectivity index (χ0) is 32.9. The van der Waals surface area contributed by atoms with Gasteiger partial charge in [0.15, 0.2) is 0 Å². The molecule has 0 saturated carbocycles. The van der Waals surface area contributed by atoms with Gasteiger partial charge < -0.3 is 28.4 Å². The third kappa shape index (κ3) is 6.86. The van der Waals surface area contributed by atoms with Crippen LogP contribution in [-0.4, -0.2) is 39.6 Å². The van der Waals surface area contributed by atoms with Crippen LogP contribution in [0.5, 0.6) is 17.2 Å². The second-order valence-electron chi connectivity index (χ2n) is 13.9. The minimum Gasteiger partial charge on any atom is -0.493 e. The average molecular weight is 655 g/mol. The van der Waals surface area contributed by atoms with Crippen molar-refractivity contribution in [2.75, 3.05) is 39.6 Å². The highest BCUT2D eigenvalue weighted by molar-refractivity contribution is 5.52. The molecule has 1 unspecified atom stereocenters. The van der Waals surface area contributed by atoms with Crippen molar-refractivity contribution in [3.63, 3.8) is 0 Å². The Balaban J connectivity index is 0.000000114. The van der Waals surface area contributed by atoms with Crippen molar-refractivity contribution in [2.24, 2.45) is 0 Å². The first-order valence-electron chi connectivity index (χ1n) is 18.9. The van der Waals surface area contributed by atoms with Crippen molar-refractivity contribution in [1.29, 1.82) is 0 Å². The van der Waals surface area contributed by atoms with Gasteiger partial charge in [-0.1, -0.05) is 76.4 Å². The lowest BCUT2D eigenvalue weighted by Gasteiger charge is -2.27. The first kappa shape index (κ1) is 33.4. The van der Waals surface area contributed by atoms with Crippen LogP contribution in [0.15, 0.2) is 36.4 Å². The van der Waals surface area contributed by atoms with Crippen molar-refractivity contribution in [3.05, 3.63) is 86.5 Å². The number of hydrogen-bond donors (Lipinski definition) is 0. The number of rotatable bonds is 6. The molecule has 3 aromatic carbocycles. The lowest BCUT2D eigenvalue weighted by Crippen LogP contribution is -2.17. The molecule has 3 atom stereocenters. The first-order chi connectivity index (χ1) is 23.7. The van der Waals surface area contributed by atoms with Crippen LogP contribution in [0, 0.1) is 0 Å². The van der Waals surface area contributed by atoms with Gasteiger partial charge in [-0.25, -0.2) is 0 Å². The summed E-state index contributed by atoms with van der Waals surface area (Å²) in [4.78, 5) is 0. The van der Waals surface area contributed by atoms with Crippen LogP contribution in [0.1, 0.15) is 128 Å². The summed E-state index contributed by atoms with van der Waals surface area (Å²) in [5, 5.41) is 0. The number of fused-ring (bicyclic) bond motifs is 9. The quantitative estimate of drug-likeness (QED) is 0.264. The van der Waals surface area contributed by atoms with Crippen molar-refractivity contribution in [2.45, 2.75) is 116 Å². The van der Waals surface area contributed by atoms with Crippen molar-refractivity contribution < 1.29 is 28.4 Å². The average Bonchev–Trinajstić information content (AvgIpc) is 3.91. The highest BCUT2D eigenvalue weighted by atomic mass is 16.5. The molecule has 6 nitrogen and oxygen atoms in total. The normalized spacial score (nSPS) is 22.4. The Morgan fingerprint density at radius 2 is 0.667 bits per heavy atom. The molecule has 6 aliphatic rings. The Morgan fingerprint density at radius 3 is 0.958 bits per heavy atom. The van der Waals surface area contributed by atoms with E-state index in [0.717, 1.165) is 134 Å². The molecular formula is C42H54O6. The van der Waals surface area contributed by atoms with E-state index in [1.807, 2.05) is 0 Å². The molecular weight excluding hydrogens is 600 g/mol. The second-order valence-corrected chi connectivity index (χ2v) is 13.9. The summed E-state index contributed by atoms with van der Waals surface area (Å²) in [6, 6.07) is 13.5. The van der Waals surface area contributed by atoms with Gasteiger partial charge in [0.25, 0.3) is 0 Å². The van der Waals surface area contributed by atoms with Crippen molar-refractivity contribution >= 4 is 0 Å². The molecule has 6 heteroatoms. The molecule has 258 valence electrons. The molecule has 0 bridgehead atoms. The molecule has 9 rings (SSSR count). The fraction of sp³-hybridized carbons (Fsp3) is 0.571. The van der Waals surface area contributed by atoms with Crippen LogP contribution in [0.2, 0.25) is 0 Å². The number of ether oxygens (including phenoxy) is 6. The van der Waals surface area contributed by atoms with E-state index in [1.165, 1.54) is 50.1 Å². The fourth-order valence-corrected chi connectivity index (χ4v) is 8.31. The van der Waals surface area contributed by atoms with E-state index in [-0.39, 0.29) is 18.3 Å². The summed E-state index contributed by atoms with van der Waals surface area (Å²) >= 11 is 0. The standard InChI is InChI=1S/3C14H18O2/c3*1-2-3-12-13-10(6-8-15-12)4-5-11-7-9-16-14(11)13/h3*4-5,12H,2-3,6-9H2,1H3/t2*12-;/m10./s1. The molecule has 48 heavy (non-hydrogen) atoms. The maximum Gasteiger partial charge on any atom is 0.128 e. The van der Waals surface area contributed by atoms with Crippen molar-refractivity contribution in [1.82, 2.24) is 0 Å². The van der Waals surface area contributed by atoms with Crippen LogP contribution in [0.25, 0.3) is 0 Å². The molecule has 6 heterocycles. The van der Waals surface area contributed by atoms with E-state index in [9.17, 15) is 0 Å². The lowest BCUT2D eigenvalue weighted by molar-refractivity contribution is 0.0340. The van der Waals surface area contributed by atoms with E-state index in [4.69, 9.17) is 28.4 Å². The van der Waals surface area contributed by atoms with Crippen LogP contribution < -0.4 is 14.2 Å². The van der Waals surface area contributed by atoms with Crippen LogP contribution >= 0.6 is 0 Å². The van der Waals surface area contributed by atoms with Gasteiger partial charge in [0.2, 0.25) is 0 Å². The molecule has 0 N–H and O–H groups in total. The minimum atomic E-state index is 0.266. The maximum atomic E-state index is 5.89. The predicted octanol–water partition coefficient (Wildman–Crippen LogP) is 9.11. The second kappa shape index (κ2) is 15.7.